The van der Waals surface area contributed by atoms with Crippen molar-refractivity contribution in [3.8, 4) is 0 Å². The van der Waals surface area contributed by atoms with Crippen LogP contribution >= 0.6 is 15.9 Å². The number of halogens is 4. The molecule has 0 spiro atoms. The van der Waals surface area contributed by atoms with Crippen molar-refractivity contribution in [2.45, 2.75) is 39.0 Å². The van der Waals surface area contributed by atoms with Crippen LogP contribution in [0.3, 0.4) is 0 Å². The summed E-state index contributed by atoms with van der Waals surface area (Å²) >= 11 is 3.24. The average Bonchev–Trinajstić information content (AvgIpc) is 2.56. The van der Waals surface area contributed by atoms with Gasteiger partial charge in [0.25, 0.3) is 5.56 Å². The fourth-order valence-electron chi connectivity index (χ4n) is 2.70. The normalized spacial score (nSPS) is 12.9. The molecule has 0 radical (unpaired) electrons. The number of carbonyl (C=O) groups is 1. The first kappa shape index (κ1) is 21.2. The summed E-state index contributed by atoms with van der Waals surface area (Å²) in [5, 5.41) is 2.76. The van der Waals surface area contributed by atoms with Gasteiger partial charge in [0, 0.05) is 16.7 Å². The van der Waals surface area contributed by atoms with Gasteiger partial charge in [-0.3, -0.25) is 9.59 Å². The summed E-state index contributed by atoms with van der Waals surface area (Å²) in [6.07, 6.45) is -2.49. The Hall–Kier alpha value is -2.09. The predicted octanol–water partition coefficient (Wildman–Crippen LogP) is 4.53. The number of nitrogens with one attached hydrogen (secondary N) is 1. The molecule has 2 rings (SSSR count). The highest BCUT2D eigenvalue weighted by atomic mass is 79.9. The van der Waals surface area contributed by atoms with Crippen molar-refractivity contribution in [2.24, 2.45) is 5.92 Å². The summed E-state index contributed by atoms with van der Waals surface area (Å²) in [6, 6.07) is 7.26. The zero-order chi connectivity index (χ0) is 20.2. The van der Waals surface area contributed by atoms with Gasteiger partial charge in [0.2, 0.25) is 5.91 Å². The molecule has 0 saturated heterocycles. The molecule has 1 heterocycles. The van der Waals surface area contributed by atoms with E-state index < -0.39 is 23.7 Å². The molecule has 0 fully saturated rings. The zero-order valence-corrected chi connectivity index (χ0v) is 16.5. The van der Waals surface area contributed by atoms with Crippen LogP contribution in [0, 0.1) is 5.92 Å². The van der Waals surface area contributed by atoms with E-state index in [1.165, 1.54) is 22.9 Å². The van der Waals surface area contributed by atoms with Crippen LogP contribution in [0.4, 0.5) is 13.2 Å². The van der Waals surface area contributed by atoms with Crippen LogP contribution < -0.4 is 10.9 Å². The number of alkyl halides is 3. The van der Waals surface area contributed by atoms with Gasteiger partial charge in [0.1, 0.15) is 6.54 Å². The molecular weight excluding hydrogens is 425 g/mol. The molecule has 1 unspecified atom stereocenters. The van der Waals surface area contributed by atoms with Gasteiger partial charge in [-0.25, -0.2) is 0 Å². The van der Waals surface area contributed by atoms with Crippen molar-refractivity contribution >= 4 is 21.8 Å². The van der Waals surface area contributed by atoms with Gasteiger partial charge in [0.15, 0.2) is 0 Å². The third-order valence-electron chi connectivity index (χ3n) is 3.92. The van der Waals surface area contributed by atoms with E-state index in [0.29, 0.717) is 16.5 Å². The van der Waals surface area contributed by atoms with Crippen LogP contribution in [0.1, 0.15) is 37.4 Å². The molecule has 0 aliphatic rings. The SMILES string of the molecule is CC(C)CC(NC(=O)Cn1cc(Br)ccc1=O)c1cccc(C(F)(F)F)c1. The lowest BCUT2D eigenvalue weighted by Crippen LogP contribution is -2.35. The van der Waals surface area contributed by atoms with E-state index >= 15 is 0 Å². The molecule has 0 saturated carbocycles. The minimum absolute atomic E-state index is 0.151. The summed E-state index contributed by atoms with van der Waals surface area (Å²) in [5.74, 6) is -0.295. The quantitative estimate of drug-likeness (QED) is 0.711. The van der Waals surface area contributed by atoms with Crippen molar-refractivity contribution < 1.29 is 18.0 Å². The van der Waals surface area contributed by atoms with E-state index in [1.807, 2.05) is 13.8 Å². The molecule has 8 heteroatoms. The third kappa shape index (κ3) is 6.23. The number of aromatic nitrogens is 1. The van der Waals surface area contributed by atoms with E-state index in [9.17, 15) is 22.8 Å². The van der Waals surface area contributed by atoms with Gasteiger partial charge >= 0.3 is 6.18 Å². The summed E-state index contributed by atoms with van der Waals surface area (Å²) in [4.78, 5) is 24.2. The Morgan fingerprint density at radius 1 is 1.22 bits per heavy atom. The van der Waals surface area contributed by atoms with Crippen LogP contribution in [0.5, 0.6) is 0 Å². The molecule has 4 nitrogen and oxygen atoms in total. The van der Waals surface area contributed by atoms with E-state index in [4.69, 9.17) is 0 Å². The number of amides is 1. The second kappa shape index (κ2) is 8.73. The number of nitrogens with zero attached hydrogens (tertiary/aromatic N) is 1. The molecule has 2 aromatic rings. The molecule has 146 valence electrons. The number of hydrogen-bond acceptors (Lipinski definition) is 2. The fraction of sp³-hybridized carbons (Fsp3) is 0.368. The largest absolute Gasteiger partial charge is 0.416 e. The van der Waals surface area contributed by atoms with Crippen molar-refractivity contribution in [3.05, 3.63) is 68.5 Å². The lowest BCUT2D eigenvalue weighted by atomic mass is 9.95. The van der Waals surface area contributed by atoms with Crippen LogP contribution in [-0.2, 0) is 17.5 Å². The third-order valence-corrected chi connectivity index (χ3v) is 4.39. The van der Waals surface area contributed by atoms with Gasteiger partial charge in [0.05, 0.1) is 11.6 Å². The summed E-state index contributed by atoms with van der Waals surface area (Å²) in [5.41, 5.74) is -0.715. The van der Waals surface area contributed by atoms with Crippen molar-refractivity contribution in [2.75, 3.05) is 0 Å². The topological polar surface area (TPSA) is 51.1 Å². The molecular formula is C19H20BrF3N2O2. The van der Waals surface area contributed by atoms with Crippen molar-refractivity contribution in [1.82, 2.24) is 9.88 Å². The van der Waals surface area contributed by atoms with E-state index in [0.717, 1.165) is 12.1 Å². The number of carbonyl (C=O) groups excluding carboxylic acids is 1. The average molecular weight is 445 g/mol. The summed E-state index contributed by atoms with van der Waals surface area (Å²) in [7, 11) is 0. The van der Waals surface area contributed by atoms with Gasteiger partial charge in [-0.15, -0.1) is 0 Å². The Morgan fingerprint density at radius 3 is 2.56 bits per heavy atom. The second-order valence-electron chi connectivity index (χ2n) is 6.69. The lowest BCUT2D eigenvalue weighted by molar-refractivity contribution is -0.137. The van der Waals surface area contributed by atoms with E-state index in [-0.39, 0.29) is 18.0 Å². The zero-order valence-electron chi connectivity index (χ0n) is 14.9. The molecule has 1 aromatic heterocycles. The first-order valence-corrected chi connectivity index (χ1v) is 9.18. The summed E-state index contributed by atoms with van der Waals surface area (Å²) < 4.78 is 40.9. The number of rotatable bonds is 6. The number of pyridine rings is 1. The standard InChI is InChI=1S/C19H20BrF3N2O2/c1-12(2)8-16(13-4-3-5-14(9-13)19(21,22)23)24-17(26)11-25-10-15(20)6-7-18(25)27/h3-7,9-10,12,16H,8,11H2,1-2H3,(H,24,26). The van der Waals surface area contributed by atoms with Crippen LogP contribution in [0.2, 0.25) is 0 Å². The Morgan fingerprint density at radius 2 is 1.93 bits per heavy atom. The predicted molar refractivity (Wildman–Crippen MR) is 100 cm³/mol. The first-order chi connectivity index (χ1) is 12.6. The Kier molecular flexibility index (Phi) is 6.86. The number of benzene rings is 1. The Labute approximate surface area is 163 Å². The molecule has 1 aromatic carbocycles. The van der Waals surface area contributed by atoms with Crippen molar-refractivity contribution in [1.29, 1.82) is 0 Å². The molecule has 1 amide bonds. The van der Waals surface area contributed by atoms with Crippen molar-refractivity contribution in [3.63, 3.8) is 0 Å². The molecule has 0 aliphatic carbocycles. The first-order valence-electron chi connectivity index (χ1n) is 8.39. The molecule has 27 heavy (non-hydrogen) atoms. The van der Waals surface area contributed by atoms with Gasteiger partial charge in [-0.2, -0.15) is 13.2 Å². The van der Waals surface area contributed by atoms with E-state index in [1.54, 1.807) is 12.1 Å². The highest BCUT2D eigenvalue weighted by Gasteiger charge is 2.31. The highest BCUT2D eigenvalue weighted by Crippen LogP contribution is 2.32. The van der Waals surface area contributed by atoms with E-state index in [2.05, 4.69) is 21.2 Å². The summed E-state index contributed by atoms with van der Waals surface area (Å²) in [6.45, 7) is 3.63. The minimum Gasteiger partial charge on any atom is -0.348 e. The fourth-order valence-corrected chi connectivity index (χ4v) is 3.08. The Balaban J connectivity index is 2.23. The maximum Gasteiger partial charge on any atom is 0.416 e. The maximum absolute atomic E-state index is 13.0. The van der Waals surface area contributed by atoms with Crippen LogP contribution in [-0.4, -0.2) is 10.5 Å². The smallest absolute Gasteiger partial charge is 0.348 e. The Bertz CT molecular complexity index is 863. The highest BCUT2D eigenvalue weighted by molar-refractivity contribution is 9.10. The van der Waals surface area contributed by atoms with Gasteiger partial charge in [-0.05, 0) is 52.0 Å². The van der Waals surface area contributed by atoms with Crippen LogP contribution in [0.15, 0.2) is 51.9 Å². The molecule has 0 aliphatic heterocycles. The maximum atomic E-state index is 13.0. The molecule has 0 bridgehead atoms. The minimum atomic E-state index is -4.45. The molecule has 1 atom stereocenters. The van der Waals surface area contributed by atoms with Crippen LogP contribution in [0.25, 0.3) is 0 Å². The monoisotopic (exact) mass is 444 g/mol. The lowest BCUT2D eigenvalue weighted by Gasteiger charge is -2.22. The molecule has 1 N–H and O–H groups in total. The second-order valence-corrected chi connectivity index (χ2v) is 7.60. The van der Waals surface area contributed by atoms with Gasteiger partial charge in [-0.1, -0.05) is 26.0 Å². The number of hydrogen-bond donors (Lipinski definition) is 1. The van der Waals surface area contributed by atoms with Gasteiger partial charge < -0.3 is 9.88 Å².